The lowest BCUT2D eigenvalue weighted by Gasteiger charge is -2.09. The number of aromatic nitrogens is 1. The molecule has 0 saturated heterocycles. The molecule has 0 N–H and O–H groups in total. The van der Waals surface area contributed by atoms with E-state index in [1.807, 2.05) is 12.1 Å². The molecule has 1 heterocycles. The Bertz CT molecular complexity index is 1030. The van der Waals surface area contributed by atoms with Gasteiger partial charge in [0, 0.05) is 33.8 Å². The second-order valence-corrected chi connectivity index (χ2v) is 6.08. The van der Waals surface area contributed by atoms with Gasteiger partial charge in [0.15, 0.2) is 0 Å². The van der Waals surface area contributed by atoms with Gasteiger partial charge in [0.25, 0.3) is 0 Å². The lowest BCUT2D eigenvalue weighted by atomic mass is 10.0. The lowest BCUT2D eigenvalue weighted by Crippen LogP contribution is -1.97. The van der Waals surface area contributed by atoms with Crippen molar-refractivity contribution in [2.24, 2.45) is 0 Å². The molecule has 114 valence electrons. The first-order valence-corrected chi connectivity index (χ1v) is 8.22. The third-order valence-electron chi connectivity index (χ3n) is 4.64. The number of fused-ring (bicyclic) bond motifs is 5. The molecule has 0 atom stereocenters. The molecule has 4 aromatic rings. The van der Waals surface area contributed by atoms with Crippen LogP contribution >= 0.6 is 0 Å². The summed E-state index contributed by atoms with van der Waals surface area (Å²) in [5.74, 6) is 0. The van der Waals surface area contributed by atoms with Gasteiger partial charge in [-0.05, 0) is 23.9 Å². The summed E-state index contributed by atoms with van der Waals surface area (Å²) >= 11 is 0. The van der Waals surface area contributed by atoms with Gasteiger partial charge in [-0.25, -0.2) is 0 Å². The first-order chi connectivity index (χ1) is 11.3. The van der Waals surface area contributed by atoms with Crippen molar-refractivity contribution in [3.05, 3.63) is 60.2 Å². The van der Waals surface area contributed by atoms with E-state index in [-0.39, 0.29) is 0 Å². The summed E-state index contributed by atoms with van der Waals surface area (Å²) in [6.07, 6.45) is 3.25. The first-order valence-electron chi connectivity index (χ1n) is 8.22. The zero-order valence-corrected chi connectivity index (χ0v) is 13.3. The predicted octanol–water partition coefficient (Wildman–Crippen LogP) is 5.56. The molecule has 0 bridgehead atoms. The maximum Gasteiger partial charge on any atom is 0.150 e. The van der Waals surface area contributed by atoms with E-state index in [2.05, 4.69) is 54.0 Å². The Morgan fingerprint density at radius 1 is 0.957 bits per heavy atom. The number of benzene rings is 3. The lowest BCUT2D eigenvalue weighted by molar-refractivity contribution is 0.112. The number of aryl methyl sites for hydroxylation is 1. The first kappa shape index (κ1) is 14.0. The van der Waals surface area contributed by atoms with Crippen LogP contribution in [0.25, 0.3) is 32.6 Å². The zero-order valence-electron chi connectivity index (χ0n) is 13.3. The maximum atomic E-state index is 11.1. The van der Waals surface area contributed by atoms with Crippen LogP contribution in [0.1, 0.15) is 30.1 Å². The molecule has 1 aromatic heterocycles. The summed E-state index contributed by atoms with van der Waals surface area (Å²) in [5.41, 5.74) is 3.31. The van der Waals surface area contributed by atoms with Crippen molar-refractivity contribution < 1.29 is 4.79 Å². The average Bonchev–Trinajstić information content (AvgIpc) is 2.93. The summed E-state index contributed by atoms with van der Waals surface area (Å²) in [6.45, 7) is 3.25. The fourth-order valence-electron chi connectivity index (χ4n) is 3.52. The molecule has 3 aromatic carbocycles. The van der Waals surface area contributed by atoms with E-state index in [1.54, 1.807) is 0 Å². The number of hydrogen-bond acceptors (Lipinski definition) is 1. The molecule has 0 unspecified atom stereocenters. The van der Waals surface area contributed by atoms with E-state index < -0.39 is 0 Å². The van der Waals surface area contributed by atoms with Gasteiger partial charge in [-0.1, -0.05) is 55.8 Å². The molecule has 23 heavy (non-hydrogen) atoms. The number of aldehydes is 1. The molecule has 2 nitrogen and oxygen atoms in total. The van der Waals surface area contributed by atoms with Crippen LogP contribution in [0, 0.1) is 0 Å². The highest BCUT2D eigenvalue weighted by atomic mass is 16.1. The molecule has 0 aliphatic carbocycles. The van der Waals surface area contributed by atoms with Crippen LogP contribution in [-0.4, -0.2) is 10.9 Å². The Labute approximate surface area is 135 Å². The van der Waals surface area contributed by atoms with Crippen molar-refractivity contribution in [2.45, 2.75) is 26.3 Å². The molecule has 0 amide bonds. The highest BCUT2D eigenvalue weighted by Crippen LogP contribution is 2.34. The molecular weight excluding hydrogens is 282 g/mol. The normalized spacial score (nSPS) is 11.5. The van der Waals surface area contributed by atoms with Crippen LogP contribution < -0.4 is 0 Å². The van der Waals surface area contributed by atoms with Gasteiger partial charge >= 0.3 is 0 Å². The summed E-state index contributed by atoms with van der Waals surface area (Å²) in [5, 5.41) is 4.95. The van der Waals surface area contributed by atoms with Crippen molar-refractivity contribution in [1.29, 1.82) is 0 Å². The van der Waals surface area contributed by atoms with Crippen LogP contribution in [0.5, 0.6) is 0 Å². The average molecular weight is 301 g/mol. The third kappa shape index (κ3) is 2.14. The smallest absolute Gasteiger partial charge is 0.150 e. The molecule has 0 aliphatic heterocycles. The molecular formula is C21H19NO. The number of hydrogen-bond donors (Lipinski definition) is 0. The third-order valence-corrected chi connectivity index (χ3v) is 4.64. The molecule has 2 heteroatoms. The molecule has 4 rings (SSSR count). The van der Waals surface area contributed by atoms with Gasteiger partial charge < -0.3 is 4.57 Å². The van der Waals surface area contributed by atoms with Crippen molar-refractivity contribution in [1.82, 2.24) is 4.57 Å². The van der Waals surface area contributed by atoms with Gasteiger partial charge in [0.2, 0.25) is 0 Å². The van der Waals surface area contributed by atoms with Crippen molar-refractivity contribution in [3.8, 4) is 0 Å². The molecule has 0 aliphatic rings. The highest BCUT2D eigenvalue weighted by molar-refractivity contribution is 6.18. The molecule has 0 spiro atoms. The van der Waals surface area contributed by atoms with Gasteiger partial charge in [-0.15, -0.1) is 0 Å². The summed E-state index contributed by atoms with van der Waals surface area (Å²) in [7, 11) is 0. The second kappa shape index (κ2) is 5.54. The Hall–Kier alpha value is -2.61. The second-order valence-electron chi connectivity index (χ2n) is 6.08. The summed E-state index contributed by atoms with van der Waals surface area (Å²) in [4.78, 5) is 11.1. The molecule has 0 fully saturated rings. The number of rotatable bonds is 4. The standard InChI is InChI=1S/C21H19NO/c1-2-3-12-22-20-7-5-4-6-18(20)19-11-9-16-13-15(14-23)8-10-17(16)21(19)22/h4-11,13-14H,2-3,12H2,1H3. The van der Waals surface area contributed by atoms with Crippen LogP contribution in [0.4, 0.5) is 0 Å². The van der Waals surface area contributed by atoms with Crippen molar-refractivity contribution in [3.63, 3.8) is 0 Å². The number of carbonyl (C=O) groups is 1. The number of carbonyl (C=O) groups excluding carboxylic acids is 1. The van der Waals surface area contributed by atoms with Gasteiger partial charge in [-0.3, -0.25) is 4.79 Å². The van der Waals surface area contributed by atoms with E-state index in [9.17, 15) is 4.79 Å². The Morgan fingerprint density at radius 3 is 2.61 bits per heavy atom. The number of para-hydroxylation sites is 1. The maximum absolute atomic E-state index is 11.1. The monoisotopic (exact) mass is 301 g/mol. The molecule has 0 saturated carbocycles. The Kier molecular flexibility index (Phi) is 3.38. The summed E-state index contributed by atoms with van der Waals surface area (Å²) < 4.78 is 2.44. The largest absolute Gasteiger partial charge is 0.340 e. The number of nitrogens with zero attached hydrogens (tertiary/aromatic N) is 1. The van der Waals surface area contributed by atoms with Crippen molar-refractivity contribution >= 4 is 38.9 Å². The molecule has 0 radical (unpaired) electrons. The van der Waals surface area contributed by atoms with Gasteiger partial charge in [0.05, 0.1) is 5.52 Å². The zero-order chi connectivity index (χ0) is 15.8. The van der Waals surface area contributed by atoms with Gasteiger partial charge in [0.1, 0.15) is 6.29 Å². The predicted molar refractivity (Wildman–Crippen MR) is 97.2 cm³/mol. The van der Waals surface area contributed by atoms with E-state index in [0.717, 1.165) is 30.2 Å². The minimum atomic E-state index is 0.730. The van der Waals surface area contributed by atoms with Crippen molar-refractivity contribution in [2.75, 3.05) is 0 Å². The van der Waals surface area contributed by atoms with E-state index >= 15 is 0 Å². The Balaban J connectivity index is 2.15. The minimum Gasteiger partial charge on any atom is -0.340 e. The fraction of sp³-hybridized carbons (Fsp3) is 0.190. The quantitative estimate of drug-likeness (QED) is 0.452. The van der Waals surface area contributed by atoms with E-state index in [0.29, 0.717) is 0 Å². The highest BCUT2D eigenvalue weighted by Gasteiger charge is 2.12. The van der Waals surface area contributed by atoms with Gasteiger partial charge in [-0.2, -0.15) is 0 Å². The minimum absolute atomic E-state index is 0.730. The summed E-state index contributed by atoms with van der Waals surface area (Å²) in [6, 6.07) is 18.9. The van der Waals surface area contributed by atoms with Crippen LogP contribution in [0.15, 0.2) is 54.6 Å². The SMILES string of the molecule is CCCCn1c2ccccc2c2ccc3cc(C=O)ccc3c21. The van der Waals surface area contributed by atoms with Crippen LogP contribution in [0.2, 0.25) is 0 Å². The Morgan fingerprint density at radius 2 is 1.78 bits per heavy atom. The van der Waals surface area contributed by atoms with Crippen LogP contribution in [0.3, 0.4) is 0 Å². The fourth-order valence-corrected chi connectivity index (χ4v) is 3.52. The van der Waals surface area contributed by atoms with E-state index in [1.165, 1.54) is 33.6 Å². The van der Waals surface area contributed by atoms with E-state index in [4.69, 9.17) is 0 Å². The topological polar surface area (TPSA) is 22.0 Å². The van der Waals surface area contributed by atoms with Crippen LogP contribution in [-0.2, 0) is 6.54 Å². The number of unbranched alkanes of at least 4 members (excludes halogenated alkanes) is 1.